The van der Waals surface area contributed by atoms with Gasteiger partial charge in [0.05, 0.1) is 51.7 Å². The third-order valence-corrected chi connectivity index (χ3v) is 14.9. The number of hydrogen-bond acceptors (Lipinski definition) is 12. The zero-order valence-corrected chi connectivity index (χ0v) is 42.5. The van der Waals surface area contributed by atoms with Gasteiger partial charge in [0.25, 0.3) is 5.91 Å². The first-order chi connectivity index (χ1) is 35.1. The quantitative estimate of drug-likeness (QED) is 0.0567. The Bertz CT molecular complexity index is 2960. The summed E-state index contributed by atoms with van der Waals surface area (Å²) in [5.41, 5.74) is 7.52. The number of halogens is 1. The highest BCUT2D eigenvalue weighted by Crippen LogP contribution is 2.41. The lowest BCUT2D eigenvalue weighted by Gasteiger charge is -2.35. The number of likely N-dealkylation sites (tertiary alicyclic amines) is 1. The minimum absolute atomic E-state index is 0.00351. The molecule has 20 heteroatoms. The van der Waals surface area contributed by atoms with Gasteiger partial charge in [0.15, 0.2) is 11.5 Å². The van der Waals surface area contributed by atoms with Crippen molar-refractivity contribution < 1.29 is 33.5 Å². The Morgan fingerprint density at radius 2 is 1.66 bits per heavy atom. The van der Waals surface area contributed by atoms with E-state index < -0.39 is 35.3 Å². The van der Waals surface area contributed by atoms with Crippen LogP contribution in [0.15, 0.2) is 72.8 Å². The smallest absolute Gasteiger partial charge is 0.254 e. The predicted octanol–water partition coefficient (Wildman–Crippen LogP) is 6.75. The molecular weight excluding hydrogens is 952 g/mol. The van der Waals surface area contributed by atoms with Crippen LogP contribution in [0.3, 0.4) is 0 Å². The number of amides is 5. The van der Waals surface area contributed by atoms with E-state index >= 15 is 4.39 Å². The van der Waals surface area contributed by atoms with Crippen LogP contribution in [-0.2, 0) is 25.7 Å². The van der Waals surface area contributed by atoms with E-state index in [0.29, 0.717) is 69.2 Å². The van der Waals surface area contributed by atoms with E-state index in [1.807, 2.05) is 68.1 Å². The van der Waals surface area contributed by atoms with Crippen LogP contribution in [0, 0.1) is 18.2 Å². The van der Waals surface area contributed by atoms with Crippen molar-refractivity contribution in [3.05, 3.63) is 101 Å². The maximum Gasteiger partial charge on any atom is 0.254 e. The molecule has 3 atom stereocenters. The third kappa shape index (κ3) is 11.9. The normalized spacial score (nSPS) is 17.5. The molecule has 2 aromatic carbocycles. The number of aromatic amines is 1. The third-order valence-electron chi connectivity index (χ3n) is 13.9. The summed E-state index contributed by atoms with van der Waals surface area (Å²) in [6, 6.07) is 10.4. The van der Waals surface area contributed by atoms with Gasteiger partial charge in [-0.05, 0) is 67.3 Å². The van der Waals surface area contributed by atoms with Crippen molar-refractivity contribution in [1.29, 1.82) is 0 Å². The molecule has 0 spiro atoms. The number of thiazole rings is 1. The second kappa shape index (κ2) is 22.0. The van der Waals surface area contributed by atoms with Crippen LogP contribution >= 0.6 is 11.3 Å². The van der Waals surface area contributed by atoms with E-state index in [-0.39, 0.29) is 60.8 Å². The average Bonchev–Trinajstić information content (AvgIpc) is 3.69. The number of aliphatic hydroxyl groups excluding tert-OH is 1. The lowest BCUT2D eigenvalue weighted by Crippen LogP contribution is -2.57. The molecule has 4 aromatic heterocycles. The number of aliphatic hydroxyl groups is 1. The van der Waals surface area contributed by atoms with Gasteiger partial charge < -0.3 is 35.8 Å². The van der Waals surface area contributed by atoms with Crippen molar-refractivity contribution in [2.45, 2.75) is 116 Å². The highest BCUT2D eigenvalue weighted by atomic mass is 32.1. The average molecular weight is 1020 g/mol. The van der Waals surface area contributed by atoms with E-state index in [9.17, 15) is 29.1 Å². The first-order valence-electron chi connectivity index (χ1n) is 25.2. The number of piperazine rings is 1. The highest BCUT2D eigenvalue weighted by molar-refractivity contribution is 7.13. The largest absolute Gasteiger partial charge is 0.391 e. The predicted molar refractivity (Wildman–Crippen MR) is 274 cm³/mol. The number of imidazole rings is 1. The minimum atomic E-state index is -0.919. The van der Waals surface area contributed by atoms with Gasteiger partial charge in [0, 0.05) is 88.0 Å². The van der Waals surface area contributed by atoms with Crippen LogP contribution in [-0.4, -0.2) is 130 Å². The number of hydrogen-bond donors (Lipinski definition) is 5. The Kier molecular flexibility index (Phi) is 15.3. The molecule has 0 unspecified atom stereocenters. The molecule has 0 bridgehead atoms. The van der Waals surface area contributed by atoms with E-state index in [1.165, 1.54) is 17.0 Å². The Morgan fingerprint density at radius 3 is 2.33 bits per heavy atom. The number of fused-ring (bicyclic) bond motifs is 1. The lowest BCUT2D eigenvalue weighted by atomic mass is 9.85. The summed E-state index contributed by atoms with van der Waals surface area (Å²) in [6.07, 6.45) is 11.7. The van der Waals surface area contributed by atoms with Gasteiger partial charge in [-0.15, -0.1) is 11.3 Å². The maximum atomic E-state index is 15.7. The molecule has 0 radical (unpaired) electrons. The van der Waals surface area contributed by atoms with Crippen LogP contribution in [0.4, 0.5) is 15.9 Å². The molecule has 6 aromatic rings. The fourth-order valence-corrected chi connectivity index (χ4v) is 10.4. The number of anilines is 2. The van der Waals surface area contributed by atoms with Crippen molar-refractivity contribution in [2.75, 3.05) is 38.0 Å². The van der Waals surface area contributed by atoms with E-state index in [4.69, 9.17) is 4.98 Å². The van der Waals surface area contributed by atoms with Crippen molar-refractivity contribution in [1.82, 2.24) is 54.9 Å². The summed E-state index contributed by atoms with van der Waals surface area (Å²) in [4.78, 5) is 87.1. The van der Waals surface area contributed by atoms with Gasteiger partial charge in [-0.2, -0.15) is 5.10 Å². The Hall–Kier alpha value is -7.06. The number of nitrogens with one attached hydrogen (secondary N) is 4. The number of benzene rings is 2. The zero-order chi connectivity index (χ0) is 51.4. The van der Waals surface area contributed by atoms with E-state index in [2.05, 4.69) is 36.1 Å². The number of rotatable bonds is 18. The molecule has 3 aliphatic rings. The first kappa shape index (κ1) is 50.9. The van der Waals surface area contributed by atoms with Crippen molar-refractivity contribution in [3.63, 3.8) is 0 Å². The maximum absolute atomic E-state index is 15.7. The SMILES string of the molecule is Cc1ncsc1-c1ccc(CNC(=O)[C@@H]2C[C@@H](O)CN2C(=O)[C@@H](NC(=O)CCCCCCC(=O)N2CCN(C(=O)c3ccc(Nc4nc(C5CC5)cn5c(-c6cn[nH]c6)cnc45)c(F)c3)CC2)C(C)(C)C)cc1. The molecule has 18 nitrogen and oxygen atoms in total. The van der Waals surface area contributed by atoms with Crippen molar-refractivity contribution in [2.24, 2.45) is 5.41 Å². The second-order valence-corrected chi connectivity index (χ2v) is 21.3. The molecule has 5 amide bonds. The Balaban J connectivity index is 0.688. The minimum Gasteiger partial charge on any atom is -0.391 e. The van der Waals surface area contributed by atoms with Gasteiger partial charge >= 0.3 is 0 Å². The van der Waals surface area contributed by atoms with Crippen LogP contribution in [0.1, 0.15) is 112 Å². The van der Waals surface area contributed by atoms with Crippen LogP contribution in [0.5, 0.6) is 0 Å². The molecule has 384 valence electrons. The van der Waals surface area contributed by atoms with Gasteiger partial charge in [0.1, 0.15) is 17.9 Å². The van der Waals surface area contributed by atoms with E-state index in [0.717, 1.165) is 57.9 Å². The number of β-amino-alcohol motifs (C(OH)–C–C–N with tert-alkyl or cyclic N) is 1. The number of H-pyrrole nitrogens is 1. The van der Waals surface area contributed by atoms with Gasteiger partial charge in [0.2, 0.25) is 23.6 Å². The molecule has 1 saturated carbocycles. The molecule has 5 N–H and O–H groups in total. The molecule has 6 heterocycles. The number of aryl methyl sites for hydroxylation is 1. The first-order valence-corrected chi connectivity index (χ1v) is 26.0. The van der Waals surface area contributed by atoms with Gasteiger partial charge in [-0.25, -0.2) is 19.3 Å². The number of unbranched alkanes of at least 4 members (excludes halogenated alkanes) is 3. The van der Waals surface area contributed by atoms with Crippen LogP contribution in [0.2, 0.25) is 0 Å². The molecule has 9 rings (SSSR count). The molecule has 2 saturated heterocycles. The summed E-state index contributed by atoms with van der Waals surface area (Å²) in [5, 5.41) is 26.5. The van der Waals surface area contributed by atoms with Gasteiger partial charge in [-0.3, -0.25) is 33.5 Å². The fraction of sp³-hybridized carbons (Fsp3) is 0.453. The fourth-order valence-electron chi connectivity index (χ4n) is 9.58. The summed E-state index contributed by atoms with van der Waals surface area (Å²) in [6.45, 7) is 9.16. The van der Waals surface area contributed by atoms with Crippen LogP contribution in [0.25, 0.3) is 27.3 Å². The van der Waals surface area contributed by atoms with Crippen molar-refractivity contribution in [3.8, 4) is 21.7 Å². The molecule has 73 heavy (non-hydrogen) atoms. The number of carbonyl (C=O) groups excluding carboxylic acids is 5. The summed E-state index contributed by atoms with van der Waals surface area (Å²) < 4.78 is 17.6. The lowest BCUT2D eigenvalue weighted by molar-refractivity contribution is -0.144. The summed E-state index contributed by atoms with van der Waals surface area (Å²) in [7, 11) is 0. The molecule has 2 aliphatic heterocycles. The molecule has 1 aliphatic carbocycles. The Labute approximate surface area is 427 Å². The Morgan fingerprint density at radius 1 is 0.918 bits per heavy atom. The van der Waals surface area contributed by atoms with Crippen LogP contribution < -0.4 is 16.0 Å². The zero-order valence-electron chi connectivity index (χ0n) is 41.7. The monoisotopic (exact) mass is 1010 g/mol. The second-order valence-electron chi connectivity index (χ2n) is 20.5. The summed E-state index contributed by atoms with van der Waals surface area (Å²) in [5.74, 6) is -1.24. The van der Waals surface area contributed by atoms with Crippen molar-refractivity contribution >= 4 is 58.0 Å². The number of nitrogens with zero attached hydrogens (tertiary/aromatic N) is 8. The number of aromatic nitrogens is 6. The molecular formula is C53H63FN12O6S. The standard InChI is InChI=1S/C53H63FN12O6S/c1-32-46(73-31-57-32)35-13-11-33(12-14-35)25-56-50(70)42-24-38(67)29-66(42)52(72)47(53(2,3)4)62-44(68)9-7-5-6-8-10-45(69)63-19-21-64(22-20-63)51(71)36-17-18-40(39(54)23-36)60-48-49-55-28-43(37-26-58-59-27-37)65(49)30-41(61-48)34-15-16-34/h11-14,17-18,23,26-28,30-31,34,38,42,47,67H,5-10,15-16,19-22,24-25,29H2,1-4H3,(H,56,70)(H,58,59)(H,60,61)(H,62,68)/t38-,42+,47-/m1/s1. The highest BCUT2D eigenvalue weighted by Gasteiger charge is 2.44. The van der Waals surface area contributed by atoms with Gasteiger partial charge in [-0.1, -0.05) is 57.9 Å². The van der Waals surface area contributed by atoms with E-state index in [1.54, 1.807) is 45.8 Å². The topological polar surface area (TPSA) is 223 Å². The number of carbonyl (C=O) groups is 5. The summed E-state index contributed by atoms with van der Waals surface area (Å²) >= 11 is 1.57. The molecule has 3 fully saturated rings.